The van der Waals surface area contributed by atoms with Gasteiger partial charge in [0.05, 0.1) is 11.8 Å². The van der Waals surface area contributed by atoms with Crippen molar-refractivity contribution in [1.82, 2.24) is 5.32 Å². The lowest BCUT2D eigenvalue weighted by molar-refractivity contribution is 0.0911. The molecule has 16 heavy (non-hydrogen) atoms. The molecule has 2 unspecified atom stereocenters. The van der Waals surface area contributed by atoms with Crippen LogP contribution in [0.1, 0.15) is 23.0 Å². The van der Waals surface area contributed by atoms with Crippen LogP contribution in [0.2, 0.25) is 0 Å². The molecule has 1 aromatic rings. The Morgan fingerprint density at radius 2 is 2.56 bits per heavy atom. The van der Waals surface area contributed by atoms with Gasteiger partial charge in [-0.15, -0.1) is 11.3 Å². The summed E-state index contributed by atoms with van der Waals surface area (Å²) in [6.45, 7) is 3.50. The predicted octanol–water partition coefficient (Wildman–Crippen LogP) is 1.49. The zero-order chi connectivity index (χ0) is 11.5. The molecule has 2 heterocycles. The van der Waals surface area contributed by atoms with Crippen molar-refractivity contribution in [3.63, 3.8) is 0 Å². The number of carbonyl (C=O) groups is 1. The number of hydrogen-bond donors (Lipinski definition) is 2. The quantitative estimate of drug-likeness (QED) is 0.841. The Balaban J connectivity index is 1.86. The smallest absolute Gasteiger partial charge is 0.263 e. The predicted molar refractivity (Wildman–Crippen MR) is 64.6 cm³/mol. The third-order valence-corrected chi connectivity index (χ3v) is 3.89. The fourth-order valence-electron chi connectivity index (χ4n) is 1.85. The van der Waals surface area contributed by atoms with Gasteiger partial charge in [0.1, 0.15) is 4.88 Å². The van der Waals surface area contributed by atoms with E-state index in [0.717, 1.165) is 13.0 Å². The van der Waals surface area contributed by atoms with Crippen LogP contribution in [0, 0.1) is 5.92 Å². The van der Waals surface area contributed by atoms with E-state index in [0.29, 0.717) is 23.0 Å². The van der Waals surface area contributed by atoms with Crippen LogP contribution < -0.4 is 11.1 Å². The van der Waals surface area contributed by atoms with Gasteiger partial charge in [0, 0.05) is 19.1 Å². The minimum absolute atomic E-state index is 0.0772. The molecular weight excluding hydrogens is 224 g/mol. The molecule has 4 nitrogen and oxygen atoms in total. The van der Waals surface area contributed by atoms with Gasteiger partial charge in [-0.2, -0.15) is 0 Å². The van der Waals surface area contributed by atoms with E-state index in [9.17, 15) is 4.79 Å². The Labute approximate surface area is 98.8 Å². The van der Waals surface area contributed by atoms with Gasteiger partial charge in [0.25, 0.3) is 5.91 Å². The number of rotatable bonds is 3. The first-order valence-corrected chi connectivity index (χ1v) is 6.29. The summed E-state index contributed by atoms with van der Waals surface area (Å²) in [6, 6.07) is 1.75. The molecule has 2 rings (SSSR count). The Kier molecular flexibility index (Phi) is 3.46. The van der Waals surface area contributed by atoms with E-state index in [1.807, 2.05) is 12.3 Å². The minimum atomic E-state index is -0.0772. The maximum Gasteiger partial charge on any atom is 0.263 e. The number of nitrogens with two attached hydrogens (primary N) is 1. The number of hydrogen-bond acceptors (Lipinski definition) is 4. The largest absolute Gasteiger partial charge is 0.397 e. The highest BCUT2D eigenvalue weighted by atomic mass is 32.1. The van der Waals surface area contributed by atoms with Crippen LogP contribution in [0.3, 0.4) is 0 Å². The van der Waals surface area contributed by atoms with Gasteiger partial charge in [0.2, 0.25) is 0 Å². The third kappa shape index (κ3) is 2.36. The van der Waals surface area contributed by atoms with E-state index in [1.54, 1.807) is 6.07 Å². The third-order valence-electron chi connectivity index (χ3n) is 2.96. The van der Waals surface area contributed by atoms with Crippen molar-refractivity contribution in [2.45, 2.75) is 19.4 Å². The maximum atomic E-state index is 11.8. The Hall–Kier alpha value is -1.07. The van der Waals surface area contributed by atoms with Gasteiger partial charge in [-0.05, 0) is 24.8 Å². The van der Waals surface area contributed by atoms with Gasteiger partial charge in [-0.3, -0.25) is 4.79 Å². The van der Waals surface area contributed by atoms with Crippen LogP contribution >= 0.6 is 11.3 Å². The van der Waals surface area contributed by atoms with Crippen molar-refractivity contribution in [3.05, 3.63) is 16.3 Å². The molecule has 1 aliphatic rings. The van der Waals surface area contributed by atoms with Gasteiger partial charge in [0.15, 0.2) is 0 Å². The minimum Gasteiger partial charge on any atom is -0.397 e. The standard InChI is InChI=1S/C11H16N2O2S/c1-7-8(2-4-15-7)6-13-11(14)10-9(12)3-5-16-10/h3,5,7-8H,2,4,6,12H2,1H3,(H,13,14). The van der Waals surface area contributed by atoms with E-state index < -0.39 is 0 Å². The molecule has 1 fully saturated rings. The molecule has 0 radical (unpaired) electrons. The van der Waals surface area contributed by atoms with E-state index in [-0.39, 0.29) is 12.0 Å². The lowest BCUT2D eigenvalue weighted by Crippen LogP contribution is -2.31. The monoisotopic (exact) mass is 240 g/mol. The topological polar surface area (TPSA) is 64.3 Å². The molecule has 1 saturated heterocycles. The number of thiophene rings is 1. The molecule has 0 saturated carbocycles. The molecule has 1 aliphatic heterocycles. The van der Waals surface area contributed by atoms with E-state index in [4.69, 9.17) is 10.5 Å². The van der Waals surface area contributed by atoms with Gasteiger partial charge in [-0.1, -0.05) is 0 Å². The number of nitrogens with one attached hydrogen (secondary N) is 1. The first kappa shape index (κ1) is 11.4. The van der Waals surface area contributed by atoms with Crippen molar-refractivity contribution in [2.24, 2.45) is 5.92 Å². The van der Waals surface area contributed by atoms with Crippen molar-refractivity contribution >= 4 is 22.9 Å². The average molecular weight is 240 g/mol. The summed E-state index contributed by atoms with van der Waals surface area (Å²) in [4.78, 5) is 12.4. The molecule has 0 aliphatic carbocycles. The van der Waals surface area contributed by atoms with Crippen LogP contribution in [0.15, 0.2) is 11.4 Å². The zero-order valence-electron chi connectivity index (χ0n) is 9.23. The molecular formula is C11H16N2O2S. The number of ether oxygens (including phenoxy) is 1. The van der Waals surface area contributed by atoms with Crippen LogP contribution in [-0.2, 0) is 4.74 Å². The van der Waals surface area contributed by atoms with E-state index in [2.05, 4.69) is 5.32 Å². The molecule has 1 amide bonds. The lowest BCUT2D eigenvalue weighted by atomic mass is 10.0. The van der Waals surface area contributed by atoms with E-state index in [1.165, 1.54) is 11.3 Å². The molecule has 0 spiro atoms. The van der Waals surface area contributed by atoms with Crippen molar-refractivity contribution in [2.75, 3.05) is 18.9 Å². The number of amides is 1. The van der Waals surface area contributed by atoms with E-state index >= 15 is 0 Å². The Morgan fingerprint density at radius 3 is 3.12 bits per heavy atom. The number of anilines is 1. The highest BCUT2D eigenvalue weighted by Gasteiger charge is 2.24. The fraction of sp³-hybridized carbons (Fsp3) is 0.545. The second-order valence-corrected chi connectivity index (χ2v) is 4.96. The second kappa shape index (κ2) is 4.84. The normalized spacial score (nSPS) is 24.6. The second-order valence-electron chi connectivity index (χ2n) is 4.04. The molecule has 1 aromatic heterocycles. The summed E-state index contributed by atoms with van der Waals surface area (Å²) in [5, 5.41) is 4.73. The molecule has 2 atom stereocenters. The Bertz CT molecular complexity index is 378. The van der Waals surface area contributed by atoms with Crippen molar-refractivity contribution in [3.8, 4) is 0 Å². The highest BCUT2D eigenvalue weighted by molar-refractivity contribution is 7.12. The zero-order valence-corrected chi connectivity index (χ0v) is 10.0. The molecule has 3 N–H and O–H groups in total. The average Bonchev–Trinajstić information content (AvgIpc) is 2.84. The Morgan fingerprint density at radius 1 is 1.75 bits per heavy atom. The van der Waals surface area contributed by atoms with Gasteiger partial charge in [-0.25, -0.2) is 0 Å². The fourth-order valence-corrected chi connectivity index (χ4v) is 2.59. The first-order valence-electron chi connectivity index (χ1n) is 5.41. The summed E-state index contributed by atoms with van der Waals surface area (Å²) in [7, 11) is 0. The SMILES string of the molecule is CC1OCCC1CNC(=O)c1sccc1N. The maximum absolute atomic E-state index is 11.8. The van der Waals surface area contributed by atoms with Crippen LogP contribution in [0.25, 0.3) is 0 Å². The number of carbonyl (C=O) groups excluding carboxylic acids is 1. The van der Waals surface area contributed by atoms with Crippen LogP contribution in [0.5, 0.6) is 0 Å². The van der Waals surface area contributed by atoms with Crippen LogP contribution in [0.4, 0.5) is 5.69 Å². The summed E-state index contributed by atoms with van der Waals surface area (Å²) in [6.07, 6.45) is 1.25. The van der Waals surface area contributed by atoms with Crippen molar-refractivity contribution < 1.29 is 9.53 Å². The summed E-state index contributed by atoms with van der Waals surface area (Å²) in [5.74, 6) is 0.344. The van der Waals surface area contributed by atoms with Crippen LogP contribution in [-0.4, -0.2) is 25.2 Å². The molecule has 5 heteroatoms. The molecule has 0 bridgehead atoms. The van der Waals surface area contributed by atoms with Crippen molar-refractivity contribution in [1.29, 1.82) is 0 Å². The molecule has 88 valence electrons. The van der Waals surface area contributed by atoms with Gasteiger partial charge >= 0.3 is 0 Å². The summed E-state index contributed by atoms with van der Waals surface area (Å²) in [5.41, 5.74) is 6.23. The lowest BCUT2D eigenvalue weighted by Gasteiger charge is -2.14. The summed E-state index contributed by atoms with van der Waals surface area (Å²) < 4.78 is 5.44. The first-order chi connectivity index (χ1) is 7.68. The van der Waals surface area contributed by atoms with Gasteiger partial charge < -0.3 is 15.8 Å². The highest BCUT2D eigenvalue weighted by Crippen LogP contribution is 2.21. The number of nitrogen functional groups attached to an aromatic ring is 1. The molecule has 0 aromatic carbocycles. The summed E-state index contributed by atoms with van der Waals surface area (Å²) >= 11 is 1.37.